The van der Waals surface area contributed by atoms with E-state index in [-0.39, 0.29) is 0 Å². The molecule has 6 heteroatoms. The molecule has 1 fully saturated rings. The van der Waals surface area contributed by atoms with Gasteiger partial charge in [-0.25, -0.2) is 0 Å². The van der Waals surface area contributed by atoms with Crippen molar-refractivity contribution in [1.82, 2.24) is 20.1 Å². The van der Waals surface area contributed by atoms with Gasteiger partial charge in [0.25, 0.3) is 0 Å². The number of hydrogen-bond donors (Lipinski definition) is 1. The fourth-order valence-corrected chi connectivity index (χ4v) is 3.36. The molecule has 1 aromatic carbocycles. The predicted molar refractivity (Wildman–Crippen MR) is 85.7 cm³/mol. The van der Waals surface area contributed by atoms with Gasteiger partial charge in [0.2, 0.25) is 0 Å². The number of thioether (sulfide) groups is 1. The minimum Gasteiger partial charge on any atom is -0.317 e. The molecule has 1 aliphatic heterocycles. The van der Waals surface area contributed by atoms with Gasteiger partial charge in [0, 0.05) is 16.1 Å². The van der Waals surface area contributed by atoms with E-state index < -0.39 is 0 Å². The van der Waals surface area contributed by atoms with Crippen molar-refractivity contribution < 1.29 is 0 Å². The van der Waals surface area contributed by atoms with Crippen molar-refractivity contribution in [2.24, 2.45) is 0 Å². The first-order valence-corrected chi connectivity index (χ1v) is 8.77. The molecule has 0 spiro atoms. The maximum Gasteiger partial charge on any atom is 0.195 e. The van der Waals surface area contributed by atoms with Crippen LogP contribution < -0.4 is 5.32 Å². The molecule has 1 aromatic heterocycles. The van der Waals surface area contributed by atoms with Gasteiger partial charge in [-0.15, -0.1) is 10.2 Å². The lowest BCUT2D eigenvalue weighted by Crippen LogP contribution is -2.28. The largest absolute Gasteiger partial charge is 0.317 e. The van der Waals surface area contributed by atoms with Gasteiger partial charge < -0.3 is 5.32 Å². The molecular weight excluding hydrogens is 336 g/mol. The molecule has 0 aliphatic carbocycles. The van der Waals surface area contributed by atoms with Crippen LogP contribution in [0.15, 0.2) is 33.9 Å². The molecule has 20 heavy (non-hydrogen) atoms. The topological polar surface area (TPSA) is 42.7 Å². The summed E-state index contributed by atoms with van der Waals surface area (Å²) in [6.45, 7) is 2.12. The highest BCUT2D eigenvalue weighted by atomic mass is 79.9. The van der Waals surface area contributed by atoms with Crippen molar-refractivity contribution in [3.05, 3.63) is 34.6 Å². The molecule has 3 rings (SSSR count). The van der Waals surface area contributed by atoms with Gasteiger partial charge in [0.05, 0.1) is 0 Å². The third-order valence-corrected chi connectivity index (χ3v) is 4.79. The van der Waals surface area contributed by atoms with E-state index >= 15 is 0 Å². The van der Waals surface area contributed by atoms with Gasteiger partial charge in [-0.3, -0.25) is 4.57 Å². The predicted octanol–water partition coefficient (Wildman–Crippen LogP) is 3.22. The average molecular weight is 353 g/mol. The fraction of sp³-hybridized carbons (Fsp3) is 0.429. The second kappa shape index (κ2) is 6.28. The fourth-order valence-electron chi connectivity index (χ4n) is 2.59. The van der Waals surface area contributed by atoms with Gasteiger partial charge in [-0.2, -0.15) is 0 Å². The summed E-state index contributed by atoms with van der Waals surface area (Å²) in [6, 6.07) is 8.34. The molecule has 1 saturated heterocycles. The van der Waals surface area contributed by atoms with Crippen LogP contribution in [-0.2, 0) is 0 Å². The zero-order valence-electron chi connectivity index (χ0n) is 11.3. The number of piperidine rings is 1. The Bertz CT molecular complexity index is 575. The minimum absolute atomic E-state index is 0.494. The van der Waals surface area contributed by atoms with Gasteiger partial charge in [0.1, 0.15) is 5.82 Å². The van der Waals surface area contributed by atoms with E-state index in [9.17, 15) is 0 Å². The maximum atomic E-state index is 4.46. The van der Waals surface area contributed by atoms with Crippen LogP contribution in [0, 0.1) is 0 Å². The molecule has 0 radical (unpaired) electrons. The Balaban J connectivity index is 2.02. The van der Waals surface area contributed by atoms with Crippen molar-refractivity contribution in [2.75, 3.05) is 19.3 Å². The van der Waals surface area contributed by atoms with Crippen molar-refractivity contribution in [1.29, 1.82) is 0 Å². The highest BCUT2D eigenvalue weighted by molar-refractivity contribution is 9.10. The van der Waals surface area contributed by atoms with E-state index in [0.717, 1.165) is 47.1 Å². The van der Waals surface area contributed by atoms with Crippen LogP contribution in [0.25, 0.3) is 5.69 Å². The van der Waals surface area contributed by atoms with E-state index in [4.69, 9.17) is 0 Å². The molecule has 0 saturated carbocycles. The molecule has 1 aliphatic rings. The van der Waals surface area contributed by atoms with Gasteiger partial charge in [-0.1, -0.05) is 27.7 Å². The zero-order chi connectivity index (χ0) is 13.9. The van der Waals surface area contributed by atoms with Crippen LogP contribution in [0.2, 0.25) is 0 Å². The summed E-state index contributed by atoms with van der Waals surface area (Å²) >= 11 is 5.13. The second-order valence-electron chi connectivity index (χ2n) is 4.88. The lowest BCUT2D eigenvalue weighted by Gasteiger charge is -2.22. The van der Waals surface area contributed by atoms with Crippen LogP contribution in [0.1, 0.15) is 24.6 Å². The van der Waals surface area contributed by atoms with E-state index in [1.807, 2.05) is 6.26 Å². The molecule has 1 N–H and O–H groups in total. The molecule has 2 heterocycles. The number of nitrogens with one attached hydrogen (secondary N) is 1. The lowest BCUT2D eigenvalue weighted by molar-refractivity contribution is 0.439. The Morgan fingerprint density at radius 1 is 1.20 bits per heavy atom. The Labute approximate surface area is 131 Å². The monoisotopic (exact) mass is 352 g/mol. The summed E-state index contributed by atoms with van der Waals surface area (Å²) in [5.41, 5.74) is 1.14. The number of nitrogens with zero attached hydrogens (tertiary/aromatic N) is 3. The number of halogens is 1. The minimum atomic E-state index is 0.494. The van der Waals surface area contributed by atoms with E-state index in [0.29, 0.717) is 5.92 Å². The Morgan fingerprint density at radius 3 is 2.55 bits per heavy atom. The molecule has 0 bridgehead atoms. The van der Waals surface area contributed by atoms with Crippen LogP contribution in [0.5, 0.6) is 0 Å². The molecule has 4 nitrogen and oxygen atoms in total. The smallest absolute Gasteiger partial charge is 0.195 e. The highest BCUT2D eigenvalue weighted by Gasteiger charge is 2.23. The molecule has 0 unspecified atom stereocenters. The summed E-state index contributed by atoms with van der Waals surface area (Å²) in [4.78, 5) is 0. The normalized spacial score (nSPS) is 16.5. The van der Waals surface area contributed by atoms with Gasteiger partial charge in [-0.05, 0) is 56.5 Å². The average Bonchev–Trinajstić information content (AvgIpc) is 2.93. The Morgan fingerprint density at radius 2 is 1.90 bits per heavy atom. The van der Waals surface area contributed by atoms with Gasteiger partial charge >= 0.3 is 0 Å². The molecule has 0 amide bonds. The standard InChI is InChI=1S/C14H17BrN4S/c1-20-14-18-17-13(10-6-8-16-9-7-10)19(14)12-4-2-11(15)3-5-12/h2-5,10,16H,6-9H2,1H3. The molecule has 0 atom stereocenters. The van der Waals surface area contributed by atoms with Crippen LogP contribution in [0.3, 0.4) is 0 Å². The van der Waals surface area contributed by atoms with E-state index in [1.165, 1.54) is 0 Å². The number of aromatic nitrogens is 3. The Kier molecular flexibility index (Phi) is 4.43. The van der Waals surface area contributed by atoms with Crippen molar-refractivity contribution in [3.63, 3.8) is 0 Å². The van der Waals surface area contributed by atoms with Crippen LogP contribution >= 0.6 is 27.7 Å². The summed E-state index contributed by atoms with van der Waals surface area (Å²) in [5.74, 6) is 1.59. The SMILES string of the molecule is CSc1nnc(C2CCNCC2)n1-c1ccc(Br)cc1. The maximum absolute atomic E-state index is 4.46. The van der Waals surface area contributed by atoms with Gasteiger partial charge in [0.15, 0.2) is 5.16 Å². The van der Waals surface area contributed by atoms with E-state index in [2.05, 4.69) is 60.3 Å². The Hall–Kier alpha value is -0.850. The van der Waals surface area contributed by atoms with Crippen molar-refractivity contribution >= 4 is 27.7 Å². The third kappa shape index (κ3) is 2.77. The van der Waals surface area contributed by atoms with E-state index in [1.54, 1.807) is 11.8 Å². The molecule has 2 aromatic rings. The third-order valence-electron chi connectivity index (χ3n) is 3.63. The zero-order valence-corrected chi connectivity index (χ0v) is 13.7. The number of hydrogen-bond acceptors (Lipinski definition) is 4. The van der Waals surface area contributed by atoms with Crippen LogP contribution in [-0.4, -0.2) is 34.1 Å². The first-order valence-electron chi connectivity index (χ1n) is 6.75. The summed E-state index contributed by atoms with van der Waals surface area (Å²) < 4.78 is 3.29. The molecular formula is C14H17BrN4S. The van der Waals surface area contributed by atoms with Crippen molar-refractivity contribution in [2.45, 2.75) is 23.9 Å². The highest BCUT2D eigenvalue weighted by Crippen LogP contribution is 2.29. The molecule has 106 valence electrons. The second-order valence-corrected chi connectivity index (χ2v) is 6.57. The lowest BCUT2D eigenvalue weighted by atomic mass is 9.97. The van der Waals surface area contributed by atoms with Crippen molar-refractivity contribution in [3.8, 4) is 5.69 Å². The first-order chi connectivity index (χ1) is 9.79. The number of rotatable bonds is 3. The first kappa shape index (κ1) is 14.1. The quantitative estimate of drug-likeness (QED) is 0.861. The summed E-state index contributed by atoms with van der Waals surface area (Å²) in [5, 5.41) is 13.2. The van der Waals surface area contributed by atoms with Crippen LogP contribution in [0.4, 0.5) is 0 Å². The number of benzene rings is 1. The summed E-state index contributed by atoms with van der Waals surface area (Å²) in [7, 11) is 0. The summed E-state index contributed by atoms with van der Waals surface area (Å²) in [6.07, 6.45) is 4.30.